The van der Waals surface area contributed by atoms with Crippen LogP contribution in [0.15, 0.2) is 0 Å². The average molecular weight is 205 g/mol. The van der Waals surface area contributed by atoms with Gasteiger partial charge in [-0.1, -0.05) is 0 Å². The molecule has 0 saturated carbocycles. The summed E-state index contributed by atoms with van der Waals surface area (Å²) in [7, 11) is -6.98. The van der Waals surface area contributed by atoms with Gasteiger partial charge in [0.05, 0.1) is 12.4 Å². The highest BCUT2D eigenvalue weighted by Crippen LogP contribution is 2.26. The van der Waals surface area contributed by atoms with E-state index in [1.807, 2.05) is 0 Å². The Morgan fingerprint density at radius 3 is 2.27 bits per heavy atom. The predicted molar refractivity (Wildman–Crippen MR) is 36.8 cm³/mol. The topological polar surface area (TPSA) is 130 Å². The fourth-order valence-electron chi connectivity index (χ4n) is 0.222. The third-order valence-electron chi connectivity index (χ3n) is 0.684. The fourth-order valence-corrected chi connectivity index (χ4v) is 0.850. The van der Waals surface area contributed by atoms with E-state index in [0.29, 0.717) is 0 Å². The van der Waals surface area contributed by atoms with Crippen LogP contribution in [0.25, 0.3) is 0 Å². The molecule has 0 aliphatic heterocycles. The maximum atomic E-state index is 9.88. The standard InChI is InChI=1S/C2H8NO6PS/c3-2(10(4)5)1-9-11(6,7)8/h2,4-5H,1,3H2,(H,6,7,8). The first kappa shape index (κ1) is 11.2. The van der Waals surface area contributed by atoms with Gasteiger partial charge in [0.15, 0.2) is 8.38 Å². The predicted octanol–water partition coefficient (Wildman–Crippen LogP) is -1.61. The molecular formula is C2H8NO6PS. The maximum Gasteiger partial charge on any atom is 0.397 e. The number of hydrogen-bond acceptors (Lipinski definition) is 6. The summed E-state index contributed by atoms with van der Waals surface area (Å²) in [5.41, 5.74) is 4.95. The van der Waals surface area contributed by atoms with Gasteiger partial charge in [-0.25, -0.2) is 4.18 Å². The van der Waals surface area contributed by atoms with Gasteiger partial charge in [0.1, 0.15) is 0 Å². The van der Waals surface area contributed by atoms with E-state index >= 15 is 0 Å². The summed E-state index contributed by atoms with van der Waals surface area (Å²) in [6, 6.07) is 0. The molecule has 5 N–H and O–H groups in total. The highest BCUT2D eigenvalue weighted by Gasteiger charge is 2.15. The summed E-state index contributed by atoms with van der Waals surface area (Å²) in [6.45, 7) is -0.655. The average Bonchev–Trinajstić information content (AvgIpc) is 1.80. The van der Waals surface area contributed by atoms with Crippen molar-refractivity contribution >= 4 is 18.8 Å². The van der Waals surface area contributed by atoms with Crippen LogP contribution in [0.4, 0.5) is 0 Å². The monoisotopic (exact) mass is 205 g/mol. The molecule has 1 unspecified atom stereocenters. The Hall–Kier alpha value is 0.180. The fraction of sp³-hybridized carbons (Fsp3) is 1.00. The van der Waals surface area contributed by atoms with Crippen molar-refractivity contribution in [2.45, 2.75) is 5.78 Å². The molecule has 0 aliphatic carbocycles. The molecule has 0 aromatic carbocycles. The minimum atomic E-state index is -4.54. The van der Waals surface area contributed by atoms with Gasteiger partial charge in [-0.05, 0) is 0 Å². The van der Waals surface area contributed by atoms with Crippen LogP contribution >= 0.6 is 8.38 Å². The quantitative estimate of drug-likeness (QED) is 0.320. The lowest BCUT2D eigenvalue weighted by atomic mass is 10.7. The molecule has 11 heavy (non-hydrogen) atoms. The highest BCUT2D eigenvalue weighted by molar-refractivity contribution is 7.80. The van der Waals surface area contributed by atoms with Gasteiger partial charge in [0, 0.05) is 0 Å². The van der Waals surface area contributed by atoms with Crippen molar-refractivity contribution in [3.8, 4) is 0 Å². The zero-order valence-corrected chi connectivity index (χ0v) is 6.99. The van der Waals surface area contributed by atoms with E-state index in [-0.39, 0.29) is 0 Å². The molecule has 1 atom stereocenters. The first-order valence-electron chi connectivity index (χ1n) is 2.37. The van der Waals surface area contributed by atoms with Crippen molar-refractivity contribution in [3.05, 3.63) is 0 Å². The summed E-state index contributed by atoms with van der Waals surface area (Å²) >= 11 is 0. The van der Waals surface area contributed by atoms with Crippen LogP contribution in [0.3, 0.4) is 0 Å². The number of nitrogens with two attached hydrogens (primary N) is 1. The van der Waals surface area contributed by atoms with Crippen LogP contribution in [0.5, 0.6) is 0 Å². The zero-order valence-electron chi connectivity index (χ0n) is 5.28. The van der Waals surface area contributed by atoms with Crippen LogP contribution in [0.2, 0.25) is 0 Å². The van der Waals surface area contributed by atoms with E-state index < -0.39 is 31.2 Å². The minimum Gasteiger partial charge on any atom is -0.349 e. The first-order chi connectivity index (χ1) is 4.83. The van der Waals surface area contributed by atoms with Crippen LogP contribution < -0.4 is 5.73 Å². The van der Waals surface area contributed by atoms with Crippen LogP contribution in [0.1, 0.15) is 0 Å². The molecule has 0 aromatic heterocycles. The molecule has 0 spiro atoms. The zero-order chi connectivity index (χ0) is 9.07. The molecule has 0 heterocycles. The van der Waals surface area contributed by atoms with Crippen molar-refractivity contribution in [2.75, 3.05) is 6.61 Å². The van der Waals surface area contributed by atoms with Gasteiger partial charge in [-0.15, -0.1) is 0 Å². The van der Waals surface area contributed by atoms with E-state index in [1.165, 1.54) is 0 Å². The molecule has 0 radical (unpaired) electrons. The first-order valence-corrected chi connectivity index (χ1v) is 5.05. The molecule has 0 bridgehead atoms. The van der Waals surface area contributed by atoms with Crippen molar-refractivity contribution in [1.29, 1.82) is 0 Å². The van der Waals surface area contributed by atoms with Crippen LogP contribution in [-0.2, 0) is 14.6 Å². The summed E-state index contributed by atoms with van der Waals surface area (Å²) in [4.78, 5) is 16.7. The molecule has 0 fully saturated rings. The minimum absolute atomic E-state index is 0.655. The van der Waals surface area contributed by atoms with E-state index in [2.05, 4.69) is 4.18 Å². The third-order valence-corrected chi connectivity index (χ3v) is 1.86. The summed E-state index contributed by atoms with van der Waals surface area (Å²) in [5.74, 6) is -1.20. The Morgan fingerprint density at radius 2 is 2.00 bits per heavy atom. The molecule has 0 amide bonds. The second-order valence-electron chi connectivity index (χ2n) is 1.60. The van der Waals surface area contributed by atoms with Gasteiger partial charge >= 0.3 is 10.4 Å². The van der Waals surface area contributed by atoms with Crippen molar-refractivity contribution in [1.82, 2.24) is 0 Å². The molecule has 68 valence electrons. The lowest BCUT2D eigenvalue weighted by molar-refractivity contribution is 0.262. The molecule has 0 rings (SSSR count). The normalized spacial score (nSPS) is 15.4. The van der Waals surface area contributed by atoms with Gasteiger partial charge in [0.2, 0.25) is 0 Å². The van der Waals surface area contributed by atoms with Crippen molar-refractivity contribution in [3.63, 3.8) is 0 Å². The smallest absolute Gasteiger partial charge is 0.349 e. The number of hydrogen-bond donors (Lipinski definition) is 4. The van der Waals surface area contributed by atoms with E-state index in [4.69, 9.17) is 20.1 Å². The number of rotatable bonds is 4. The second kappa shape index (κ2) is 4.27. The maximum absolute atomic E-state index is 9.88. The van der Waals surface area contributed by atoms with Gasteiger partial charge in [-0.2, -0.15) is 8.42 Å². The summed E-state index contributed by atoms with van der Waals surface area (Å²) in [5, 5.41) is 0. The SMILES string of the molecule is NC(COS(=O)(=O)O)P(O)O. The van der Waals surface area contributed by atoms with Crippen LogP contribution in [0, 0.1) is 0 Å². The molecular weight excluding hydrogens is 197 g/mol. The summed E-state index contributed by atoms with van der Waals surface area (Å²) < 4.78 is 31.5. The molecule has 0 aliphatic rings. The van der Waals surface area contributed by atoms with Crippen molar-refractivity contribution < 1.29 is 26.9 Å². The lowest BCUT2D eigenvalue weighted by Crippen LogP contribution is -2.25. The third kappa shape index (κ3) is 6.57. The van der Waals surface area contributed by atoms with E-state index in [0.717, 1.165) is 0 Å². The van der Waals surface area contributed by atoms with Gasteiger partial charge in [0.25, 0.3) is 0 Å². The largest absolute Gasteiger partial charge is 0.397 e. The molecule has 9 heteroatoms. The Balaban J connectivity index is 3.72. The van der Waals surface area contributed by atoms with Gasteiger partial charge in [-0.3, -0.25) is 4.55 Å². The Kier molecular flexibility index (Phi) is 4.34. The molecule has 7 nitrogen and oxygen atoms in total. The molecule has 0 aromatic rings. The second-order valence-corrected chi connectivity index (χ2v) is 4.00. The van der Waals surface area contributed by atoms with E-state index in [1.54, 1.807) is 0 Å². The van der Waals surface area contributed by atoms with Crippen molar-refractivity contribution in [2.24, 2.45) is 5.73 Å². The Morgan fingerprint density at radius 1 is 1.55 bits per heavy atom. The highest BCUT2D eigenvalue weighted by atomic mass is 32.3. The summed E-state index contributed by atoms with van der Waals surface area (Å²) in [6.07, 6.45) is 0. The molecule has 0 saturated heterocycles. The van der Waals surface area contributed by atoms with Crippen LogP contribution in [-0.4, -0.2) is 35.1 Å². The lowest BCUT2D eigenvalue weighted by Gasteiger charge is -2.10. The Bertz CT molecular complexity index is 201. The Labute approximate surface area is 64.7 Å². The van der Waals surface area contributed by atoms with E-state index in [9.17, 15) is 8.42 Å². The van der Waals surface area contributed by atoms with Gasteiger partial charge < -0.3 is 15.5 Å².